The third-order valence-electron chi connectivity index (χ3n) is 6.04. The third kappa shape index (κ3) is 4.79. The van der Waals surface area contributed by atoms with Crippen molar-refractivity contribution in [1.82, 2.24) is 19.4 Å². The number of aromatic amines is 1. The fourth-order valence-corrected chi connectivity index (χ4v) is 5.50. The number of ether oxygens (including phenoxy) is 2. The van der Waals surface area contributed by atoms with Crippen LogP contribution in [0.3, 0.4) is 0 Å². The Hall–Kier alpha value is -3.47. The van der Waals surface area contributed by atoms with Crippen LogP contribution >= 0.6 is 22.9 Å². The van der Waals surface area contributed by atoms with Crippen LogP contribution in [0.1, 0.15) is 12.0 Å². The van der Waals surface area contributed by atoms with Gasteiger partial charge < -0.3 is 19.4 Å². The van der Waals surface area contributed by atoms with Crippen molar-refractivity contribution >= 4 is 39.1 Å². The monoisotopic (exact) mass is 526 g/mol. The lowest BCUT2D eigenvalue weighted by Gasteiger charge is -2.26. The molecule has 9 nitrogen and oxygen atoms in total. The molecule has 0 bridgehead atoms. The maximum absolute atomic E-state index is 13.4. The molecular weight excluding hydrogens is 504 g/mol. The Morgan fingerprint density at radius 3 is 2.78 bits per heavy atom. The molecule has 4 heterocycles. The van der Waals surface area contributed by atoms with Gasteiger partial charge in [-0.05, 0) is 42.3 Å². The summed E-state index contributed by atoms with van der Waals surface area (Å²) in [5.74, 6) is 0.676. The highest BCUT2D eigenvalue weighted by Crippen LogP contribution is 2.37. The van der Waals surface area contributed by atoms with Crippen LogP contribution in [0.25, 0.3) is 26.3 Å². The van der Waals surface area contributed by atoms with Crippen LogP contribution in [-0.2, 0) is 16.0 Å². The number of nitrogens with zero attached hydrogens (tertiary/aromatic N) is 3. The fourth-order valence-electron chi connectivity index (χ4n) is 4.15. The second kappa shape index (κ2) is 10.3. The summed E-state index contributed by atoms with van der Waals surface area (Å²) >= 11 is 7.62. The number of halogens is 1. The number of benzene rings is 1. The van der Waals surface area contributed by atoms with E-state index < -0.39 is 11.2 Å². The Morgan fingerprint density at radius 2 is 2.00 bits per heavy atom. The lowest BCUT2D eigenvalue weighted by molar-refractivity contribution is -0.135. The van der Waals surface area contributed by atoms with E-state index in [1.165, 1.54) is 17.5 Å². The predicted molar refractivity (Wildman–Crippen MR) is 139 cm³/mol. The second-order valence-corrected chi connectivity index (χ2v) is 9.77. The first-order chi connectivity index (χ1) is 17.4. The Kier molecular flexibility index (Phi) is 6.90. The number of aryl methyl sites for hydroxylation is 1. The molecule has 1 amide bonds. The summed E-state index contributed by atoms with van der Waals surface area (Å²) in [5, 5.41) is 0.508. The second-order valence-electron chi connectivity index (χ2n) is 8.31. The highest BCUT2D eigenvalue weighted by molar-refractivity contribution is 7.22. The van der Waals surface area contributed by atoms with Crippen molar-refractivity contribution in [3.63, 3.8) is 0 Å². The Labute approximate surface area is 214 Å². The molecule has 0 radical (unpaired) electrons. The average molecular weight is 527 g/mol. The van der Waals surface area contributed by atoms with Crippen LogP contribution in [0, 0.1) is 0 Å². The normalized spacial score (nSPS) is 13.8. The van der Waals surface area contributed by atoms with Gasteiger partial charge in [0.25, 0.3) is 5.56 Å². The Morgan fingerprint density at radius 1 is 1.19 bits per heavy atom. The minimum atomic E-state index is -0.572. The smallest absolute Gasteiger partial charge is 0.333 e. The average Bonchev–Trinajstić information content (AvgIpc) is 3.32. The zero-order chi connectivity index (χ0) is 25.2. The van der Waals surface area contributed by atoms with Crippen molar-refractivity contribution in [2.75, 3.05) is 33.4 Å². The number of thiophene rings is 1. The number of H-pyrrole nitrogens is 1. The van der Waals surface area contributed by atoms with E-state index in [9.17, 15) is 14.4 Å². The molecule has 0 unspecified atom stereocenters. The van der Waals surface area contributed by atoms with E-state index in [0.717, 1.165) is 15.0 Å². The largest absolute Gasteiger partial charge is 0.497 e. The van der Waals surface area contributed by atoms with Gasteiger partial charge in [-0.25, -0.2) is 9.36 Å². The molecule has 4 aromatic rings. The van der Waals surface area contributed by atoms with Gasteiger partial charge in [0, 0.05) is 41.2 Å². The molecular formula is C25H23ClN4O5S. The molecule has 0 atom stereocenters. The zero-order valence-electron chi connectivity index (χ0n) is 19.5. The molecule has 0 spiro atoms. The van der Waals surface area contributed by atoms with Crippen molar-refractivity contribution in [2.24, 2.45) is 0 Å². The summed E-state index contributed by atoms with van der Waals surface area (Å²) < 4.78 is 12.0. The van der Waals surface area contributed by atoms with E-state index in [-0.39, 0.29) is 5.91 Å². The lowest BCUT2D eigenvalue weighted by Crippen LogP contribution is -2.40. The number of amides is 1. The first-order valence-electron chi connectivity index (χ1n) is 11.4. The van der Waals surface area contributed by atoms with Crippen LogP contribution < -0.4 is 16.0 Å². The van der Waals surface area contributed by atoms with Gasteiger partial charge in [0.2, 0.25) is 5.91 Å². The SMILES string of the molecule is COc1ccc(Cl)c(-c2cc3[nH]c(=O)n(-c4cncc(CCC(=O)N5CCOCC5)c4)c(=O)c3s2)c1. The number of pyridine rings is 1. The Bertz CT molecular complexity index is 1550. The van der Waals surface area contributed by atoms with Crippen molar-refractivity contribution in [3.8, 4) is 21.9 Å². The number of morpholine rings is 1. The number of rotatable bonds is 6. The van der Waals surface area contributed by atoms with Crippen molar-refractivity contribution in [2.45, 2.75) is 12.8 Å². The molecule has 186 valence electrons. The maximum atomic E-state index is 13.4. The van der Waals surface area contributed by atoms with E-state index >= 15 is 0 Å². The van der Waals surface area contributed by atoms with Gasteiger partial charge in [-0.1, -0.05) is 11.6 Å². The highest BCUT2D eigenvalue weighted by atomic mass is 35.5. The topological polar surface area (TPSA) is 107 Å². The van der Waals surface area contributed by atoms with Crippen molar-refractivity contribution in [3.05, 3.63) is 74.1 Å². The number of hydrogen-bond acceptors (Lipinski definition) is 7. The van der Waals surface area contributed by atoms with Gasteiger partial charge in [-0.15, -0.1) is 11.3 Å². The van der Waals surface area contributed by atoms with Gasteiger partial charge in [-0.2, -0.15) is 0 Å². The van der Waals surface area contributed by atoms with Gasteiger partial charge >= 0.3 is 5.69 Å². The van der Waals surface area contributed by atoms with Gasteiger partial charge in [-0.3, -0.25) is 14.6 Å². The predicted octanol–water partition coefficient (Wildman–Crippen LogP) is 3.26. The number of aromatic nitrogens is 3. The van der Waals surface area contributed by atoms with E-state index in [0.29, 0.717) is 71.4 Å². The summed E-state index contributed by atoms with van der Waals surface area (Å²) in [6.45, 7) is 2.27. The molecule has 11 heteroatoms. The van der Waals surface area contributed by atoms with Gasteiger partial charge in [0.1, 0.15) is 10.4 Å². The van der Waals surface area contributed by atoms with E-state index in [1.54, 1.807) is 48.5 Å². The number of hydrogen-bond donors (Lipinski definition) is 1. The highest BCUT2D eigenvalue weighted by Gasteiger charge is 2.18. The molecule has 0 saturated carbocycles. The summed E-state index contributed by atoms with van der Waals surface area (Å²) in [7, 11) is 1.56. The van der Waals surface area contributed by atoms with E-state index in [1.807, 2.05) is 0 Å². The summed E-state index contributed by atoms with van der Waals surface area (Å²) in [5.41, 5.74) is 1.21. The number of carbonyl (C=O) groups excluding carboxylic acids is 1. The third-order valence-corrected chi connectivity index (χ3v) is 7.53. The zero-order valence-corrected chi connectivity index (χ0v) is 21.0. The fraction of sp³-hybridized carbons (Fsp3) is 0.280. The van der Waals surface area contributed by atoms with Crippen LogP contribution in [0.5, 0.6) is 5.75 Å². The molecule has 1 aliphatic heterocycles. The molecule has 1 aliphatic rings. The van der Waals surface area contributed by atoms with E-state index in [4.69, 9.17) is 21.1 Å². The van der Waals surface area contributed by atoms with Crippen LogP contribution in [-0.4, -0.2) is 58.8 Å². The first kappa shape index (κ1) is 24.2. The quantitative estimate of drug-likeness (QED) is 0.413. The van der Waals surface area contributed by atoms with Gasteiger partial charge in [0.15, 0.2) is 0 Å². The standard InChI is InChI=1S/C25H23ClN4O5S/c1-34-17-3-4-19(26)18(11-17)21-12-20-23(36-21)24(32)30(25(33)28-20)16-10-15(13-27-14-16)2-5-22(31)29-6-8-35-9-7-29/h3-4,10-14H,2,5-9H2,1H3,(H,28,33). The maximum Gasteiger partial charge on any atom is 0.333 e. The van der Waals surface area contributed by atoms with Gasteiger partial charge in [0.05, 0.1) is 37.7 Å². The minimum Gasteiger partial charge on any atom is -0.497 e. The Balaban J connectivity index is 1.46. The molecule has 1 aromatic carbocycles. The minimum absolute atomic E-state index is 0.0439. The van der Waals surface area contributed by atoms with Crippen LogP contribution in [0.4, 0.5) is 0 Å². The van der Waals surface area contributed by atoms with Crippen molar-refractivity contribution in [1.29, 1.82) is 0 Å². The number of fused-ring (bicyclic) bond motifs is 1. The molecule has 1 fully saturated rings. The summed E-state index contributed by atoms with van der Waals surface area (Å²) in [6, 6.07) is 8.72. The van der Waals surface area contributed by atoms with Crippen LogP contribution in [0.2, 0.25) is 5.02 Å². The molecule has 1 N–H and O–H groups in total. The molecule has 5 rings (SSSR count). The molecule has 36 heavy (non-hydrogen) atoms. The van der Waals surface area contributed by atoms with Crippen LogP contribution in [0.15, 0.2) is 52.3 Å². The number of methoxy groups -OCH3 is 1. The summed E-state index contributed by atoms with van der Waals surface area (Å²) in [6.07, 6.45) is 3.86. The lowest BCUT2D eigenvalue weighted by atomic mass is 10.1. The van der Waals surface area contributed by atoms with Crippen molar-refractivity contribution < 1.29 is 14.3 Å². The summed E-state index contributed by atoms with van der Waals surface area (Å²) in [4.78, 5) is 48.3. The first-order valence-corrected chi connectivity index (χ1v) is 12.6. The molecule has 3 aromatic heterocycles. The number of carbonyl (C=O) groups is 1. The number of nitrogens with one attached hydrogen (secondary N) is 1. The molecule has 1 saturated heterocycles. The van der Waals surface area contributed by atoms with E-state index in [2.05, 4.69) is 9.97 Å². The molecule has 0 aliphatic carbocycles.